The first-order valence-corrected chi connectivity index (χ1v) is 12.1. The summed E-state index contributed by atoms with van der Waals surface area (Å²) in [6.45, 7) is 2.31. The third-order valence-corrected chi connectivity index (χ3v) is 7.62. The average Bonchev–Trinajstić information content (AvgIpc) is 3.10. The van der Waals surface area contributed by atoms with E-state index in [1.807, 2.05) is 42.5 Å². The minimum Gasteiger partial charge on any atom is -0.453 e. The van der Waals surface area contributed by atoms with Crippen LogP contribution in [0.25, 0.3) is 0 Å². The molecule has 30 heavy (non-hydrogen) atoms. The van der Waals surface area contributed by atoms with Crippen LogP contribution < -0.4 is 0 Å². The number of hydrogen-bond acceptors (Lipinski definition) is 5. The zero-order valence-electron chi connectivity index (χ0n) is 16.9. The van der Waals surface area contributed by atoms with E-state index in [2.05, 4.69) is 6.92 Å². The lowest BCUT2D eigenvalue weighted by Crippen LogP contribution is -2.44. The number of aryl methyl sites for hydroxylation is 1. The van der Waals surface area contributed by atoms with Crippen molar-refractivity contribution in [2.45, 2.75) is 38.5 Å². The summed E-state index contributed by atoms with van der Waals surface area (Å²) in [4.78, 5) is 27.5. The normalized spacial score (nSPS) is 26.6. The Morgan fingerprint density at radius 3 is 2.50 bits per heavy atom. The Bertz CT molecular complexity index is 1040. The van der Waals surface area contributed by atoms with Gasteiger partial charge >= 0.3 is 5.97 Å². The highest BCUT2D eigenvalue weighted by atomic mass is 32.2. The Labute approximate surface area is 176 Å². The van der Waals surface area contributed by atoms with Crippen molar-refractivity contribution in [2.24, 2.45) is 5.92 Å². The van der Waals surface area contributed by atoms with Crippen LogP contribution in [0, 0.1) is 5.92 Å². The predicted molar refractivity (Wildman–Crippen MR) is 113 cm³/mol. The SMILES string of the molecule is CCc1ccc(CN(C(=O)C2=C[C@H]3C=CC=C[C@@H]3OC2=O)[C@@H]2CCS(=O)(=O)C2)cc1. The molecule has 0 aromatic heterocycles. The fourth-order valence-electron chi connectivity index (χ4n) is 4.10. The number of carbonyl (C=O) groups excluding carboxylic acids is 2. The maximum Gasteiger partial charge on any atom is 0.344 e. The number of esters is 1. The van der Waals surface area contributed by atoms with Crippen molar-refractivity contribution in [3.8, 4) is 0 Å². The summed E-state index contributed by atoms with van der Waals surface area (Å²) in [7, 11) is -3.19. The quantitative estimate of drug-likeness (QED) is 0.532. The molecule has 158 valence electrons. The minimum atomic E-state index is -3.19. The molecule has 0 spiro atoms. The number of sulfone groups is 1. The fraction of sp³-hybridized carbons (Fsp3) is 0.391. The van der Waals surface area contributed by atoms with E-state index >= 15 is 0 Å². The summed E-state index contributed by atoms with van der Waals surface area (Å²) in [6.07, 6.45) is 9.87. The Hall–Kier alpha value is -2.67. The third kappa shape index (κ3) is 4.26. The summed E-state index contributed by atoms with van der Waals surface area (Å²) < 4.78 is 29.6. The van der Waals surface area contributed by atoms with Crippen LogP contribution in [0.4, 0.5) is 0 Å². The Morgan fingerprint density at radius 1 is 1.13 bits per heavy atom. The summed E-state index contributed by atoms with van der Waals surface area (Å²) in [6, 6.07) is 7.44. The van der Waals surface area contributed by atoms with Crippen LogP contribution in [0.1, 0.15) is 24.5 Å². The fourth-order valence-corrected chi connectivity index (χ4v) is 5.83. The van der Waals surface area contributed by atoms with Crippen molar-refractivity contribution in [3.05, 3.63) is 71.3 Å². The van der Waals surface area contributed by atoms with Crippen LogP contribution in [-0.2, 0) is 37.1 Å². The van der Waals surface area contributed by atoms with Gasteiger partial charge in [-0.25, -0.2) is 13.2 Å². The maximum atomic E-state index is 13.4. The zero-order chi connectivity index (χ0) is 21.3. The summed E-state index contributed by atoms with van der Waals surface area (Å²) in [5, 5.41) is 0. The van der Waals surface area contributed by atoms with E-state index in [1.54, 1.807) is 12.2 Å². The second kappa shape index (κ2) is 8.22. The van der Waals surface area contributed by atoms with Crippen molar-refractivity contribution in [2.75, 3.05) is 11.5 Å². The lowest BCUT2D eigenvalue weighted by atomic mass is 9.92. The Kier molecular flexibility index (Phi) is 5.64. The molecule has 0 unspecified atom stereocenters. The predicted octanol–water partition coefficient (Wildman–Crippen LogP) is 2.36. The molecule has 1 aromatic carbocycles. The van der Waals surface area contributed by atoms with Crippen molar-refractivity contribution in [3.63, 3.8) is 0 Å². The largest absolute Gasteiger partial charge is 0.453 e. The van der Waals surface area contributed by atoms with Gasteiger partial charge in [0.05, 0.1) is 11.5 Å². The first-order chi connectivity index (χ1) is 14.4. The molecule has 2 aliphatic heterocycles. The van der Waals surface area contributed by atoms with Crippen LogP contribution >= 0.6 is 0 Å². The van der Waals surface area contributed by atoms with E-state index < -0.39 is 33.9 Å². The van der Waals surface area contributed by atoms with Crippen LogP contribution in [0.5, 0.6) is 0 Å². The van der Waals surface area contributed by atoms with Crippen LogP contribution in [-0.4, -0.2) is 48.8 Å². The van der Waals surface area contributed by atoms with Gasteiger partial charge in [-0.2, -0.15) is 0 Å². The highest BCUT2D eigenvalue weighted by molar-refractivity contribution is 7.91. The number of fused-ring (bicyclic) bond motifs is 1. The number of amides is 1. The number of benzene rings is 1. The van der Waals surface area contributed by atoms with Gasteiger partial charge in [0.2, 0.25) is 0 Å². The number of carbonyl (C=O) groups is 2. The van der Waals surface area contributed by atoms with Crippen molar-refractivity contribution < 1.29 is 22.7 Å². The van der Waals surface area contributed by atoms with E-state index in [-0.39, 0.29) is 29.5 Å². The molecule has 7 heteroatoms. The van der Waals surface area contributed by atoms with E-state index in [4.69, 9.17) is 4.74 Å². The van der Waals surface area contributed by atoms with Crippen molar-refractivity contribution >= 4 is 21.7 Å². The van der Waals surface area contributed by atoms with Crippen molar-refractivity contribution in [1.82, 2.24) is 4.90 Å². The summed E-state index contributed by atoms with van der Waals surface area (Å²) >= 11 is 0. The van der Waals surface area contributed by atoms with Gasteiger partial charge in [0.25, 0.3) is 5.91 Å². The van der Waals surface area contributed by atoms with Crippen LogP contribution in [0.15, 0.2) is 60.2 Å². The van der Waals surface area contributed by atoms with Gasteiger partial charge in [0, 0.05) is 18.5 Å². The number of allylic oxidation sites excluding steroid dienone is 2. The molecule has 3 aliphatic rings. The number of ether oxygens (including phenoxy) is 1. The number of nitrogens with zero attached hydrogens (tertiary/aromatic N) is 1. The molecule has 1 aromatic rings. The van der Waals surface area contributed by atoms with Gasteiger partial charge in [0.1, 0.15) is 11.7 Å². The molecule has 1 fully saturated rings. The topological polar surface area (TPSA) is 80.8 Å². The molecule has 2 heterocycles. The van der Waals surface area contributed by atoms with E-state index in [9.17, 15) is 18.0 Å². The van der Waals surface area contributed by atoms with Gasteiger partial charge in [0.15, 0.2) is 9.84 Å². The minimum absolute atomic E-state index is 0.0225. The van der Waals surface area contributed by atoms with E-state index in [1.165, 1.54) is 10.5 Å². The maximum absolute atomic E-state index is 13.4. The molecule has 0 saturated carbocycles. The molecular formula is C23H25NO5S. The molecule has 0 N–H and O–H groups in total. The summed E-state index contributed by atoms with van der Waals surface area (Å²) in [5.41, 5.74) is 2.06. The van der Waals surface area contributed by atoms with Gasteiger partial charge in [-0.05, 0) is 30.0 Å². The second-order valence-corrected chi connectivity index (χ2v) is 10.2. The lowest BCUT2D eigenvalue weighted by molar-refractivity contribution is -0.148. The molecule has 0 radical (unpaired) electrons. The Balaban J connectivity index is 1.63. The highest BCUT2D eigenvalue weighted by Crippen LogP contribution is 2.28. The zero-order valence-corrected chi connectivity index (χ0v) is 17.7. The van der Waals surface area contributed by atoms with Gasteiger partial charge in [-0.3, -0.25) is 4.79 Å². The molecule has 1 amide bonds. The Morgan fingerprint density at radius 2 is 1.83 bits per heavy atom. The standard InChI is InChI=1S/C23H25NO5S/c1-2-16-7-9-17(10-8-16)14-24(19-11-12-30(27,28)15-19)22(25)20-13-18-5-3-4-6-21(18)29-23(20)26/h3-10,13,18-19,21H,2,11-12,14-15H2,1H3/t18-,19-,21+/m1/s1. The van der Waals surface area contributed by atoms with Gasteiger partial charge < -0.3 is 9.64 Å². The van der Waals surface area contributed by atoms with Crippen LogP contribution in [0.2, 0.25) is 0 Å². The average molecular weight is 428 g/mol. The third-order valence-electron chi connectivity index (χ3n) is 5.87. The molecule has 6 nitrogen and oxygen atoms in total. The van der Waals surface area contributed by atoms with Crippen LogP contribution in [0.3, 0.4) is 0 Å². The first-order valence-electron chi connectivity index (χ1n) is 10.2. The molecule has 1 saturated heterocycles. The second-order valence-electron chi connectivity index (χ2n) is 7.96. The monoisotopic (exact) mass is 427 g/mol. The molecule has 3 atom stereocenters. The highest BCUT2D eigenvalue weighted by Gasteiger charge is 2.40. The molecular weight excluding hydrogens is 402 g/mol. The summed E-state index contributed by atoms with van der Waals surface area (Å²) in [5.74, 6) is -1.35. The van der Waals surface area contributed by atoms with E-state index in [0.29, 0.717) is 6.42 Å². The van der Waals surface area contributed by atoms with Gasteiger partial charge in [-0.1, -0.05) is 55.5 Å². The van der Waals surface area contributed by atoms with E-state index in [0.717, 1.165) is 12.0 Å². The molecule has 0 bridgehead atoms. The molecule has 4 rings (SSSR count). The number of rotatable bonds is 5. The van der Waals surface area contributed by atoms with Crippen molar-refractivity contribution in [1.29, 1.82) is 0 Å². The molecule has 1 aliphatic carbocycles. The lowest BCUT2D eigenvalue weighted by Gasteiger charge is -2.32. The first kappa shape index (κ1) is 20.6. The smallest absolute Gasteiger partial charge is 0.344 e. The van der Waals surface area contributed by atoms with Gasteiger partial charge in [-0.15, -0.1) is 0 Å². The number of hydrogen-bond donors (Lipinski definition) is 0.